The number of nitrogens with zero attached hydrogens (tertiary/aromatic N) is 1. The Kier molecular flexibility index (Phi) is 4.94. The zero-order valence-corrected chi connectivity index (χ0v) is 13.0. The molecule has 0 bridgehead atoms. The SMILES string of the molecule is C/C(=N\NC(=O)c1ccc(C(C)C)cc1)c1ccc(O)cc1. The lowest BCUT2D eigenvalue weighted by molar-refractivity contribution is 0.0955. The quantitative estimate of drug-likeness (QED) is 0.668. The summed E-state index contributed by atoms with van der Waals surface area (Å²) in [5.74, 6) is 0.395. The Labute approximate surface area is 130 Å². The lowest BCUT2D eigenvalue weighted by Gasteiger charge is -2.06. The summed E-state index contributed by atoms with van der Waals surface area (Å²) in [6, 6.07) is 14.2. The molecular weight excluding hydrogens is 276 g/mol. The van der Waals surface area contributed by atoms with Crippen LogP contribution in [0.1, 0.15) is 48.2 Å². The van der Waals surface area contributed by atoms with Gasteiger partial charge in [0.2, 0.25) is 0 Å². The van der Waals surface area contributed by atoms with Crippen LogP contribution in [-0.2, 0) is 0 Å². The first-order chi connectivity index (χ1) is 10.5. The van der Waals surface area contributed by atoms with E-state index < -0.39 is 0 Å². The van der Waals surface area contributed by atoms with Crippen molar-refractivity contribution < 1.29 is 9.90 Å². The van der Waals surface area contributed by atoms with Crippen LogP contribution in [0.25, 0.3) is 0 Å². The van der Waals surface area contributed by atoms with E-state index in [1.54, 1.807) is 43.3 Å². The van der Waals surface area contributed by atoms with Gasteiger partial charge in [-0.05, 0) is 60.4 Å². The minimum Gasteiger partial charge on any atom is -0.508 e. The van der Waals surface area contributed by atoms with Crippen molar-refractivity contribution in [3.8, 4) is 5.75 Å². The summed E-state index contributed by atoms with van der Waals surface area (Å²) in [5, 5.41) is 13.4. The fourth-order valence-corrected chi connectivity index (χ4v) is 1.99. The van der Waals surface area contributed by atoms with Crippen molar-refractivity contribution in [1.82, 2.24) is 5.43 Å². The van der Waals surface area contributed by atoms with Crippen LogP contribution >= 0.6 is 0 Å². The van der Waals surface area contributed by atoms with Crippen LogP contribution in [0.5, 0.6) is 5.75 Å². The molecular formula is C18H20N2O2. The number of amides is 1. The molecule has 2 aromatic carbocycles. The molecule has 0 unspecified atom stereocenters. The van der Waals surface area contributed by atoms with Gasteiger partial charge in [-0.3, -0.25) is 4.79 Å². The van der Waals surface area contributed by atoms with Crippen molar-refractivity contribution in [2.75, 3.05) is 0 Å². The number of phenolic OH excluding ortho intramolecular Hbond substituents is 1. The van der Waals surface area contributed by atoms with Crippen LogP contribution in [0.3, 0.4) is 0 Å². The number of hydrogen-bond donors (Lipinski definition) is 2. The van der Waals surface area contributed by atoms with Crippen LogP contribution in [0, 0.1) is 0 Å². The third-order valence-electron chi connectivity index (χ3n) is 3.45. The minimum atomic E-state index is -0.242. The van der Waals surface area contributed by atoms with Crippen molar-refractivity contribution in [2.24, 2.45) is 5.10 Å². The van der Waals surface area contributed by atoms with Crippen LogP contribution < -0.4 is 5.43 Å². The molecule has 4 nitrogen and oxygen atoms in total. The van der Waals surface area contributed by atoms with E-state index >= 15 is 0 Å². The lowest BCUT2D eigenvalue weighted by Crippen LogP contribution is -2.19. The van der Waals surface area contributed by atoms with Gasteiger partial charge in [-0.2, -0.15) is 5.10 Å². The first kappa shape index (κ1) is 15.8. The molecule has 0 aliphatic rings. The van der Waals surface area contributed by atoms with Crippen molar-refractivity contribution in [3.05, 3.63) is 65.2 Å². The second kappa shape index (κ2) is 6.89. The molecule has 0 fully saturated rings. The highest BCUT2D eigenvalue weighted by Gasteiger charge is 2.06. The van der Waals surface area contributed by atoms with Crippen LogP contribution in [0.4, 0.5) is 0 Å². The number of hydrazone groups is 1. The number of rotatable bonds is 4. The maximum Gasteiger partial charge on any atom is 0.271 e. The zero-order chi connectivity index (χ0) is 16.1. The van der Waals surface area contributed by atoms with Gasteiger partial charge in [0.15, 0.2) is 0 Å². The first-order valence-electron chi connectivity index (χ1n) is 7.21. The van der Waals surface area contributed by atoms with Gasteiger partial charge in [-0.1, -0.05) is 26.0 Å². The van der Waals surface area contributed by atoms with E-state index in [0.717, 1.165) is 5.56 Å². The molecule has 0 heterocycles. The highest BCUT2D eigenvalue weighted by atomic mass is 16.3. The van der Waals surface area contributed by atoms with Crippen molar-refractivity contribution in [3.63, 3.8) is 0 Å². The zero-order valence-electron chi connectivity index (χ0n) is 13.0. The standard InChI is InChI=1S/C18H20N2O2/c1-12(2)14-4-6-16(7-5-14)18(22)20-19-13(3)15-8-10-17(21)11-9-15/h4-12,21H,1-3H3,(H,20,22)/b19-13+. The number of carbonyl (C=O) groups excluding carboxylic acids is 1. The molecule has 4 heteroatoms. The maximum absolute atomic E-state index is 12.1. The molecule has 0 atom stereocenters. The van der Waals surface area contributed by atoms with Crippen molar-refractivity contribution in [2.45, 2.75) is 26.7 Å². The highest BCUT2D eigenvalue weighted by Crippen LogP contribution is 2.14. The van der Waals surface area contributed by atoms with Crippen LogP contribution in [0.15, 0.2) is 53.6 Å². The Hall–Kier alpha value is -2.62. The Bertz CT molecular complexity index is 671. The van der Waals surface area contributed by atoms with Gasteiger partial charge in [0.1, 0.15) is 5.75 Å². The first-order valence-corrected chi connectivity index (χ1v) is 7.21. The van der Waals surface area contributed by atoms with E-state index in [4.69, 9.17) is 0 Å². The molecule has 0 aromatic heterocycles. The number of benzene rings is 2. The van der Waals surface area contributed by atoms with Crippen LogP contribution in [0.2, 0.25) is 0 Å². The predicted molar refractivity (Wildman–Crippen MR) is 88.3 cm³/mol. The monoisotopic (exact) mass is 296 g/mol. The Morgan fingerprint density at radius 1 is 1.00 bits per heavy atom. The van der Waals surface area contributed by atoms with E-state index in [9.17, 15) is 9.90 Å². The average Bonchev–Trinajstić information content (AvgIpc) is 2.53. The van der Waals surface area contributed by atoms with Crippen molar-refractivity contribution in [1.29, 1.82) is 0 Å². The Morgan fingerprint density at radius 3 is 2.09 bits per heavy atom. The molecule has 22 heavy (non-hydrogen) atoms. The third-order valence-corrected chi connectivity index (χ3v) is 3.45. The van der Waals surface area contributed by atoms with Gasteiger partial charge in [-0.15, -0.1) is 0 Å². The second-order valence-electron chi connectivity index (χ2n) is 5.46. The molecule has 1 amide bonds. The largest absolute Gasteiger partial charge is 0.508 e. The number of phenols is 1. The van der Waals surface area contributed by atoms with Gasteiger partial charge in [-0.25, -0.2) is 5.43 Å². The van der Waals surface area contributed by atoms with Gasteiger partial charge < -0.3 is 5.11 Å². The van der Waals surface area contributed by atoms with E-state index in [0.29, 0.717) is 17.2 Å². The van der Waals surface area contributed by atoms with Gasteiger partial charge in [0.25, 0.3) is 5.91 Å². The molecule has 0 radical (unpaired) electrons. The molecule has 0 saturated carbocycles. The fourth-order valence-electron chi connectivity index (χ4n) is 1.99. The second-order valence-corrected chi connectivity index (χ2v) is 5.46. The predicted octanol–water partition coefficient (Wildman–Crippen LogP) is 3.67. The maximum atomic E-state index is 12.1. The molecule has 114 valence electrons. The molecule has 0 saturated heterocycles. The summed E-state index contributed by atoms with van der Waals surface area (Å²) >= 11 is 0. The fraction of sp³-hybridized carbons (Fsp3) is 0.222. The van der Waals surface area contributed by atoms with Crippen LogP contribution in [-0.4, -0.2) is 16.7 Å². The van der Waals surface area contributed by atoms with Crippen molar-refractivity contribution >= 4 is 11.6 Å². The Balaban J connectivity index is 2.05. The summed E-state index contributed by atoms with van der Waals surface area (Å²) in [7, 11) is 0. The molecule has 2 N–H and O–H groups in total. The van der Waals surface area contributed by atoms with Gasteiger partial charge >= 0.3 is 0 Å². The number of nitrogens with one attached hydrogen (secondary N) is 1. The summed E-state index contributed by atoms with van der Waals surface area (Å²) in [5.41, 5.74) is 5.83. The molecule has 0 aliphatic carbocycles. The smallest absolute Gasteiger partial charge is 0.271 e. The van der Waals surface area contributed by atoms with Gasteiger partial charge in [0, 0.05) is 5.56 Å². The summed E-state index contributed by atoms with van der Waals surface area (Å²) < 4.78 is 0. The molecule has 0 aliphatic heterocycles. The van der Waals surface area contributed by atoms with Gasteiger partial charge in [0.05, 0.1) is 5.71 Å². The minimum absolute atomic E-state index is 0.200. The Morgan fingerprint density at radius 2 is 1.55 bits per heavy atom. The van der Waals surface area contributed by atoms with E-state index in [1.165, 1.54) is 5.56 Å². The normalized spacial score (nSPS) is 11.5. The lowest BCUT2D eigenvalue weighted by atomic mass is 10.0. The third kappa shape index (κ3) is 3.95. The summed E-state index contributed by atoms with van der Waals surface area (Å²) in [6.45, 7) is 6.02. The molecule has 0 spiro atoms. The van der Waals surface area contributed by atoms with E-state index in [1.807, 2.05) is 12.1 Å². The molecule has 2 rings (SSSR count). The summed E-state index contributed by atoms with van der Waals surface area (Å²) in [6.07, 6.45) is 0. The van der Waals surface area contributed by atoms with E-state index in [2.05, 4.69) is 24.4 Å². The number of aromatic hydroxyl groups is 1. The average molecular weight is 296 g/mol. The highest BCUT2D eigenvalue weighted by molar-refractivity contribution is 6.00. The number of hydrogen-bond acceptors (Lipinski definition) is 3. The topological polar surface area (TPSA) is 61.7 Å². The summed E-state index contributed by atoms with van der Waals surface area (Å²) in [4.78, 5) is 12.1. The molecule has 2 aromatic rings. The number of carbonyl (C=O) groups is 1. The van der Waals surface area contributed by atoms with E-state index in [-0.39, 0.29) is 11.7 Å².